The lowest BCUT2D eigenvalue weighted by Crippen LogP contribution is -2.41. The predicted octanol–water partition coefficient (Wildman–Crippen LogP) is 3.89. The van der Waals surface area contributed by atoms with Crippen molar-refractivity contribution in [1.29, 1.82) is 0 Å². The van der Waals surface area contributed by atoms with Crippen LogP contribution in [0.2, 0.25) is 0 Å². The molecule has 0 radical (unpaired) electrons. The maximum atomic E-state index is 6.11. The Bertz CT molecular complexity index is 847. The molecule has 1 fully saturated rings. The van der Waals surface area contributed by atoms with Gasteiger partial charge in [-0.3, -0.25) is 0 Å². The summed E-state index contributed by atoms with van der Waals surface area (Å²) in [4.78, 5) is 0. The van der Waals surface area contributed by atoms with Crippen molar-refractivity contribution in [2.75, 3.05) is 0 Å². The molecule has 2 heterocycles. The number of hydrogen-bond acceptors (Lipinski definition) is 3. The Kier molecular flexibility index (Phi) is 2.75. The zero-order valence-corrected chi connectivity index (χ0v) is 13.3. The topological polar surface area (TPSA) is 31.6 Å². The Labute approximate surface area is 130 Å². The first-order chi connectivity index (χ1) is 10.4. The Morgan fingerprint density at radius 3 is 2.14 bits per heavy atom. The summed E-state index contributed by atoms with van der Waals surface area (Å²) in [6.45, 7) is 8.25. The molecule has 0 unspecified atom stereocenters. The minimum atomic E-state index is -0.359. The molecule has 1 aliphatic heterocycles. The third-order valence-electron chi connectivity index (χ3n) is 4.93. The van der Waals surface area contributed by atoms with Crippen LogP contribution in [0.3, 0.4) is 0 Å². The van der Waals surface area contributed by atoms with Gasteiger partial charge >= 0.3 is 7.12 Å². The first-order valence-corrected chi connectivity index (χ1v) is 7.64. The van der Waals surface area contributed by atoms with Crippen LogP contribution in [0, 0.1) is 0 Å². The maximum Gasteiger partial charge on any atom is 0.494 e. The average Bonchev–Trinajstić information content (AvgIpc) is 2.93. The van der Waals surface area contributed by atoms with Crippen LogP contribution in [0.1, 0.15) is 27.7 Å². The van der Waals surface area contributed by atoms with Crippen LogP contribution < -0.4 is 5.46 Å². The van der Waals surface area contributed by atoms with Crippen LogP contribution in [0.25, 0.3) is 21.9 Å². The van der Waals surface area contributed by atoms with Crippen molar-refractivity contribution in [1.82, 2.24) is 0 Å². The highest BCUT2D eigenvalue weighted by molar-refractivity contribution is 6.62. The van der Waals surface area contributed by atoms with Gasteiger partial charge < -0.3 is 13.7 Å². The molecule has 0 atom stereocenters. The van der Waals surface area contributed by atoms with Crippen LogP contribution in [-0.2, 0) is 9.31 Å². The lowest BCUT2D eigenvalue weighted by atomic mass is 9.79. The molecule has 0 aliphatic carbocycles. The van der Waals surface area contributed by atoms with Gasteiger partial charge in [0.15, 0.2) is 0 Å². The molecule has 1 aliphatic rings. The van der Waals surface area contributed by atoms with E-state index in [1.165, 1.54) is 0 Å². The number of rotatable bonds is 1. The quantitative estimate of drug-likeness (QED) is 0.638. The molecule has 2 aromatic carbocycles. The average molecular weight is 294 g/mol. The summed E-state index contributed by atoms with van der Waals surface area (Å²) in [6, 6.07) is 14.3. The fourth-order valence-corrected chi connectivity index (χ4v) is 2.87. The monoisotopic (exact) mass is 294 g/mol. The molecule has 0 saturated carbocycles. The summed E-state index contributed by atoms with van der Waals surface area (Å²) in [5.41, 5.74) is 2.10. The van der Waals surface area contributed by atoms with Crippen LogP contribution in [0.4, 0.5) is 0 Å². The second-order valence-electron chi connectivity index (χ2n) is 6.94. The zero-order chi connectivity index (χ0) is 15.5. The summed E-state index contributed by atoms with van der Waals surface area (Å²) in [5, 5.41) is 2.26. The van der Waals surface area contributed by atoms with Gasteiger partial charge in [-0.2, -0.15) is 0 Å². The van der Waals surface area contributed by atoms with Gasteiger partial charge in [0.2, 0.25) is 0 Å². The summed E-state index contributed by atoms with van der Waals surface area (Å²) >= 11 is 0. The van der Waals surface area contributed by atoms with E-state index >= 15 is 0 Å². The molecule has 0 bridgehead atoms. The summed E-state index contributed by atoms with van der Waals surface area (Å²) in [5.74, 6) is 0. The minimum absolute atomic E-state index is 0.333. The molecule has 22 heavy (non-hydrogen) atoms. The lowest BCUT2D eigenvalue weighted by Gasteiger charge is -2.32. The Morgan fingerprint density at radius 1 is 0.773 bits per heavy atom. The molecule has 1 aromatic heterocycles. The number of furan rings is 1. The van der Waals surface area contributed by atoms with Crippen molar-refractivity contribution < 1.29 is 13.7 Å². The normalized spacial score (nSPS) is 20.1. The maximum absolute atomic E-state index is 6.11. The SMILES string of the molecule is CC1(C)OB(c2ccc3c(c2)oc2ccccc23)OC1(C)C. The van der Waals surface area contributed by atoms with Crippen LogP contribution in [0.15, 0.2) is 46.9 Å². The van der Waals surface area contributed by atoms with Gasteiger partial charge in [-0.1, -0.05) is 30.3 Å². The van der Waals surface area contributed by atoms with E-state index in [0.717, 1.165) is 27.4 Å². The van der Waals surface area contributed by atoms with E-state index in [1.807, 2.05) is 24.3 Å². The van der Waals surface area contributed by atoms with Crippen LogP contribution >= 0.6 is 0 Å². The molecule has 0 amide bonds. The van der Waals surface area contributed by atoms with E-state index in [4.69, 9.17) is 13.7 Å². The Morgan fingerprint density at radius 2 is 1.41 bits per heavy atom. The largest absolute Gasteiger partial charge is 0.494 e. The molecule has 0 spiro atoms. The fraction of sp³-hybridized carbons (Fsp3) is 0.333. The van der Waals surface area contributed by atoms with Crippen LogP contribution in [-0.4, -0.2) is 18.3 Å². The molecule has 4 heteroatoms. The van der Waals surface area contributed by atoms with E-state index in [2.05, 4.69) is 45.9 Å². The summed E-state index contributed by atoms with van der Waals surface area (Å²) in [6.07, 6.45) is 0. The zero-order valence-electron chi connectivity index (χ0n) is 13.3. The van der Waals surface area contributed by atoms with Crippen molar-refractivity contribution in [3.63, 3.8) is 0 Å². The molecule has 0 N–H and O–H groups in total. The highest BCUT2D eigenvalue weighted by Gasteiger charge is 2.51. The summed E-state index contributed by atoms with van der Waals surface area (Å²) in [7, 11) is -0.359. The first kappa shape index (κ1) is 13.9. The van der Waals surface area contributed by atoms with Gasteiger partial charge in [0.05, 0.1) is 11.2 Å². The third kappa shape index (κ3) is 1.91. The van der Waals surface area contributed by atoms with E-state index in [1.54, 1.807) is 0 Å². The molecular formula is C18H19BO3. The van der Waals surface area contributed by atoms with E-state index in [0.29, 0.717) is 0 Å². The second-order valence-corrected chi connectivity index (χ2v) is 6.94. The standard InChI is InChI=1S/C18H19BO3/c1-17(2)18(3,4)22-19(21-17)12-9-10-14-13-7-5-6-8-15(13)20-16(14)11-12/h5-11H,1-4H3. The molecule has 3 aromatic rings. The van der Waals surface area contributed by atoms with E-state index in [-0.39, 0.29) is 18.3 Å². The number of para-hydroxylation sites is 1. The molecule has 112 valence electrons. The lowest BCUT2D eigenvalue weighted by molar-refractivity contribution is 0.00578. The van der Waals surface area contributed by atoms with E-state index < -0.39 is 0 Å². The van der Waals surface area contributed by atoms with Gasteiger partial charge in [0.1, 0.15) is 11.2 Å². The van der Waals surface area contributed by atoms with Gasteiger partial charge in [-0.25, -0.2) is 0 Å². The predicted molar refractivity (Wildman–Crippen MR) is 89.4 cm³/mol. The molecular weight excluding hydrogens is 275 g/mol. The number of fused-ring (bicyclic) bond motifs is 3. The molecule has 3 nitrogen and oxygen atoms in total. The minimum Gasteiger partial charge on any atom is -0.456 e. The van der Waals surface area contributed by atoms with Crippen molar-refractivity contribution in [2.45, 2.75) is 38.9 Å². The van der Waals surface area contributed by atoms with Gasteiger partial charge in [-0.15, -0.1) is 0 Å². The smallest absolute Gasteiger partial charge is 0.456 e. The van der Waals surface area contributed by atoms with Gasteiger partial charge in [0, 0.05) is 10.8 Å². The van der Waals surface area contributed by atoms with E-state index in [9.17, 15) is 0 Å². The first-order valence-electron chi connectivity index (χ1n) is 7.64. The number of benzene rings is 2. The third-order valence-corrected chi connectivity index (χ3v) is 4.93. The van der Waals surface area contributed by atoms with Crippen LogP contribution in [0.5, 0.6) is 0 Å². The van der Waals surface area contributed by atoms with Gasteiger partial charge in [-0.05, 0) is 45.3 Å². The van der Waals surface area contributed by atoms with Crippen molar-refractivity contribution in [3.8, 4) is 0 Å². The van der Waals surface area contributed by atoms with Gasteiger partial charge in [0.25, 0.3) is 0 Å². The molecule has 1 saturated heterocycles. The number of hydrogen-bond donors (Lipinski definition) is 0. The summed E-state index contributed by atoms with van der Waals surface area (Å²) < 4.78 is 18.2. The highest BCUT2D eigenvalue weighted by atomic mass is 16.7. The van der Waals surface area contributed by atoms with Crippen molar-refractivity contribution in [3.05, 3.63) is 42.5 Å². The van der Waals surface area contributed by atoms with Crippen molar-refractivity contribution >= 4 is 34.5 Å². The Balaban J connectivity index is 1.79. The van der Waals surface area contributed by atoms with Crippen molar-refractivity contribution in [2.24, 2.45) is 0 Å². The molecule has 4 rings (SSSR count). The second kappa shape index (κ2) is 4.37. The Hall–Kier alpha value is -1.78. The fourth-order valence-electron chi connectivity index (χ4n) is 2.87. The highest BCUT2D eigenvalue weighted by Crippen LogP contribution is 2.37.